The summed E-state index contributed by atoms with van der Waals surface area (Å²) in [6, 6.07) is 11.5. The summed E-state index contributed by atoms with van der Waals surface area (Å²) < 4.78 is 5.86. The van der Waals surface area contributed by atoms with E-state index in [4.69, 9.17) is 21.3 Å². The molecule has 0 fully saturated rings. The van der Waals surface area contributed by atoms with Crippen molar-refractivity contribution in [3.05, 3.63) is 58.3 Å². The van der Waals surface area contributed by atoms with Crippen LogP contribution in [0.4, 0.5) is 5.69 Å². The lowest BCUT2D eigenvalue weighted by Crippen LogP contribution is -2.10. The number of nitrogen functional groups attached to an aromatic ring is 1. The quantitative estimate of drug-likeness (QED) is 0.669. The molecule has 0 saturated heterocycles. The lowest BCUT2D eigenvalue weighted by Gasteiger charge is -2.05. The molecule has 0 aliphatic carbocycles. The van der Waals surface area contributed by atoms with Crippen LogP contribution in [0, 0.1) is 0 Å². The van der Waals surface area contributed by atoms with Crippen LogP contribution in [0.3, 0.4) is 0 Å². The monoisotopic (exact) mass is 406 g/mol. The minimum absolute atomic E-state index is 0.0585. The van der Waals surface area contributed by atoms with E-state index >= 15 is 0 Å². The van der Waals surface area contributed by atoms with Gasteiger partial charge in [0.2, 0.25) is 0 Å². The van der Waals surface area contributed by atoms with Crippen molar-refractivity contribution in [1.29, 1.82) is 0 Å². The standard InChI is InChI=1S/C11H15N3O.C6H4BrNO2/c12-9-4-1-8(2-5-9)3-6-10-7-15-11(13)14-10;7-4-1-2-5(6(9)10)8-3-4/h1-2,4-5,10H,3,6-7,12H2,(H2,13,14);1-3H,(H,9,10)/t10-;/m0./s1. The first-order chi connectivity index (χ1) is 11.9. The van der Waals surface area contributed by atoms with Crippen molar-refractivity contribution in [3.8, 4) is 0 Å². The van der Waals surface area contributed by atoms with E-state index in [1.807, 2.05) is 24.3 Å². The summed E-state index contributed by atoms with van der Waals surface area (Å²) in [6.45, 7) is 0.612. The molecule has 0 spiro atoms. The number of aryl methyl sites for hydroxylation is 1. The Morgan fingerprint density at radius 3 is 2.48 bits per heavy atom. The van der Waals surface area contributed by atoms with Gasteiger partial charge in [-0.25, -0.2) is 14.8 Å². The van der Waals surface area contributed by atoms with Gasteiger partial charge in [-0.1, -0.05) is 12.1 Å². The number of hydrogen-bond donors (Lipinski definition) is 3. The number of benzene rings is 1. The number of aromatic nitrogens is 1. The van der Waals surface area contributed by atoms with Crippen molar-refractivity contribution in [2.24, 2.45) is 10.7 Å². The van der Waals surface area contributed by atoms with Gasteiger partial charge in [-0.15, -0.1) is 0 Å². The SMILES string of the molecule is NC1=N[C@@H](CCc2ccc(N)cc2)CO1.O=C(O)c1ccc(Br)cn1. The van der Waals surface area contributed by atoms with Crippen LogP contribution >= 0.6 is 15.9 Å². The topological polar surface area (TPSA) is 124 Å². The van der Waals surface area contributed by atoms with Crippen LogP contribution < -0.4 is 11.5 Å². The molecule has 5 N–H and O–H groups in total. The van der Waals surface area contributed by atoms with E-state index in [1.54, 1.807) is 6.07 Å². The normalized spacial score (nSPS) is 15.6. The average Bonchev–Trinajstić information content (AvgIpc) is 3.01. The van der Waals surface area contributed by atoms with Gasteiger partial charge in [-0.2, -0.15) is 0 Å². The number of anilines is 1. The fraction of sp³-hybridized carbons (Fsp3) is 0.235. The third kappa shape index (κ3) is 6.42. The molecule has 7 nitrogen and oxygen atoms in total. The maximum atomic E-state index is 10.2. The molecule has 0 saturated carbocycles. The summed E-state index contributed by atoms with van der Waals surface area (Å²) in [6.07, 6.45) is 3.39. The lowest BCUT2D eigenvalue weighted by molar-refractivity contribution is 0.0690. The molecule has 1 aromatic heterocycles. The Morgan fingerprint density at radius 1 is 1.24 bits per heavy atom. The van der Waals surface area contributed by atoms with E-state index < -0.39 is 5.97 Å². The van der Waals surface area contributed by atoms with Crippen LogP contribution in [-0.4, -0.2) is 34.7 Å². The highest BCUT2D eigenvalue weighted by atomic mass is 79.9. The second-order valence-electron chi connectivity index (χ2n) is 5.38. The van der Waals surface area contributed by atoms with Crippen LogP contribution in [0.5, 0.6) is 0 Å². The lowest BCUT2D eigenvalue weighted by atomic mass is 10.1. The van der Waals surface area contributed by atoms with Crippen molar-refractivity contribution in [3.63, 3.8) is 0 Å². The van der Waals surface area contributed by atoms with Crippen LogP contribution in [0.25, 0.3) is 0 Å². The second kappa shape index (κ2) is 9.03. The maximum Gasteiger partial charge on any atom is 0.354 e. The summed E-state index contributed by atoms with van der Waals surface area (Å²) in [7, 11) is 0. The number of hydrogen-bond acceptors (Lipinski definition) is 6. The third-order valence-corrected chi connectivity index (χ3v) is 3.89. The van der Waals surface area contributed by atoms with Crippen LogP contribution in [0.15, 0.2) is 52.1 Å². The number of aliphatic imine (C=N–C) groups is 1. The van der Waals surface area contributed by atoms with Gasteiger partial charge in [0, 0.05) is 16.4 Å². The van der Waals surface area contributed by atoms with Gasteiger partial charge in [-0.3, -0.25) is 0 Å². The Hall–Kier alpha value is -2.61. The Kier molecular flexibility index (Phi) is 6.76. The van der Waals surface area contributed by atoms with Crippen molar-refractivity contribution >= 4 is 33.6 Å². The van der Waals surface area contributed by atoms with Gasteiger partial charge >= 0.3 is 5.97 Å². The van der Waals surface area contributed by atoms with E-state index in [-0.39, 0.29) is 11.7 Å². The fourth-order valence-electron chi connectivity index (χ4n) is 2.10. The van der Waals surface area contributed by atoms with E-state index in [1.165, 1.54) is 17.8 Å². The minimum Gasteiger partial charge on any atom is -0.477 e. The van der Waals surface area contributed by atoms with E-state index in [2.05, 4.69) is 25.9 Å². The summed E-state index contributed by atoms with van der Waals surface area (Å²) >= 11 is 3.14. The number of rotatable bonds is 4. The molecule has 1 aromatic carbocycles. The molecule has 1 aliphatic heterocycles. The Balaban J connectivity index is 0.000000196. The first-order valence-electron chi connectivity index (χ1n) is 7.59. The summed E-state index contributed by atoms with van der Waals surface area (Å²) in [5.74, 6) is -1.01. The van der Waals surface area contributed by atoms with E-state index in [9.17, 15) is 4.79 Å². The average molecular weight is 407 g/mol. The molecule has 0 radical (unpaired) electrons. The zero-order valence-corrected chi connectivity index (χ0v) is 15.0. The zero-order chi connectivity index (χ0) is 18.2. The Labute approximate surface area is 153 Å². The zero-order valence-electron chi connectivity index (χ0n) is 13.4. The van der Waals surface area contributed by atoms with Crippen LogP contribution in [0.2, 0.25) is 0 Å². The number of carboxylic acids is 1. The van der Waals surface area contributed by atoms with Gasteiger partial charge in [-0.05, 0) is 58.6 Å². The molecule has 132 valence electrons. The highest BCUT2D eigenvalue weighted by Crippen LogP contribution is 2.13. The molecule has 2 heterocycles. The largest absolute Gasteiger partial charge is 0.477 e. The highest BCUT2D eigenvalue weighted by molar-refractivity contribution is 9.10. The molecule has 25 heavy (non-hydrogen) atoms. The minimum atomic E-state index is -1.01. The Morgan fingerprint density at radius 2 is 1.96 bits per heavy atom. The van der Waals surface area contributed by atoms with Crippen molar-refractivity contribution in [2.75, 3.05) is 12.3 Å². The smallest absolute Gasteiger partial charge is 0.354 e. The first-order valence-corrected chi connectivity index (χ1v) is 8.38. The van der Waals surface area contributed by atoms with E-state index in [0.29, 0.717) is 12.6 Å². The molecule has 2 aromatic rings. The van der Waals surface area contributed by atoms with Gasteiger partial charge in [0.1, 0.15) is 12.3 Å². The molecule has 8 heteroatoms. The van der Waals surface area contributed by atoms with Gasteiger partial charge in [0.05, 0.1) is 6.04 Å². The van der Waals surface area contributed by atoms with Gasteiger partial charge in [0.15, 0.2) is 0 Å². The van der Waals surface area contributed by atoms with Crippen molar-refractivity contribution in [1.82, 2.24) is 4.98 Å². The van der Waals surface area contributed by atoms with E-state index in [0.717, 1.165) is 23.0 Å². The fourth-order valence-corrected chi connectivity index (χ4v) is 2.34. The number of pyridine rings is 1. The van der Waals surface area contributed by atoms with Crippen LogP contribution in [0.1, 0.15) is 22.5 Å². The van der Waals surface area contributed by atoms with Crippen molar-refractivity contribution in [2.45, 2.75) is 18.9 Å². The number of ether oxygens (including phenoxy) is 1. The number of carboxylic acid groups (broad SMARTS) is 1. The maximum absolute atomic E-state index is 10.2. The molecular formula is C17H19BrN4O3. The summed E-state index contributed by atoms with van der Waals surface area (Å²) in [4.78, 5) is 18.0. The number of nitrogens with two attached hydrogens (primary N) is 2. The molecule has 1 aliphatic rings. The number of amidine groups is 1. The summed E-state index contributed by atoms with van der Waals surface area (Å²) in [5, 5.41) is 8.40. The predicted octanol–water partition coefficient (Wildman–Crippen LogP) is 2.46. The first kappa shape index (κ1) is 18.7. The third-order valence-electron chi connectivity index (χ3n) is 3.43. The number of halogens is 1. The molecule has 0 amide bonds. The van der Waals surface area contributed by atoms with Gasteiger partial charge < -0.3 is 21.3 Å². The molecule has 1 atom stereocenters. The predicted molar refractivity (Wildman–Crippen MR) is 99.4 cm³/mol. The van der Waals surface area contributed by atoms with Crippen LogP contribution in [-0.2, 0) is 11.2 Å². The molecule has 0 unspecified atom stereocenters. The molecular weight excluding hydrogens is 388 g/mol. The second-order valence-corrected chi connectivity index (χ2v) is 6.29. The molecule has 3 rings (SSSR count). The Bertz CT molecular complexity index is 733. The number of aromatic carboxylic acids is 1. The molecule has 0 bridgehead atoms. The summed E-state index contributed by atoms with van der Waals surface area (Å²) in [5.41, 5.74) is 13.2. The van der Waals surface area contributed by atoms with Gasteiger partial charge in [0.25, 0.3) is 6.02 Å². The number of nitrogens with zero attached hydrogens (tertiary/aromatic N) is 2. The number of carbonyl (C=O) groups is 1. The highest BCUT2D eigenvalue weighted by Gasteiger charge is 2.15. The van der Waals surface area contributed by atoms with Crippen molar-refractivity contribution < 1.29 is 14.6 Å².